The zero-order valence-electron chi connectivity index (χ0n) is 11.5. The molecule has 0 aliphatic carbocycles. The summed E-state index contributed by atoms with van der Waals surface area (Å²) in [4.78, 5) is 0. The summed E-state index contributed by atoms with van der Waals surface area (Å²) in [7, 11) is 1.64. The summed E-state index contributed by atoms with van der Waals surface area (Å²) < 4.78 is 10.8. The first kappa shape index (κ1) is 15.1. The van der Waals surface area contributed by atoms with Crippen LogP contribution >= 0.6 is 11.6 Å². The third-order valence-electron chi connectivity index (χ3n) is 2.89. The molecule has 0 aromatic heterocycles. The molecular weight excluding hydrogens is 250 g/mol. The van der Waals surface area contributed by atoms with E-state index in [0.29, 0.717) is 23.4 Å². The molecule has 0 aliphatic heterocycles. The molecule has 0 saturated heterocycles. The minimum atomic E-state index is 0.471. The summed E-state index contributed by atoms with van der Waals surface area (Å²) in [6.45, 7) is 7.57. The lowest BCUT2D eigenvalue weighted by Gasteiger charge is -2.15. The average molecular weight is 272 g/mol. The molecule has 1 N–H and O–H groups in total. The Hall–Kier alpha value is -0.930. The number of rotatable bonds is 7. The normalized spacial score (nSPS) is 12.3. The molecule has 1 unspecified atom stereocenters. The third-order valence-corrected chi connectivity index (χ3v) is 3.24. The Morgan fingerprint density at radius 1 is 1.28 bits per heavy atom. The maximum Gasteiger partial charge on any atom is 0.162 e. The highest BCUT2D eigenvalue weighted by molar-refractivity contribution is 6.31. The molecule has 0 aliphatic rings. The topological polar surface area (TPSA) is 30.5 Å². The fourth-order valence-corrected chi connectivity index (χ4v) is 1.79. The van der Waals surface area contributed by atoms with Crippen LogP contribution in [0.25, 0.3) is 0 Å². The van der Waals surface area contributed by atoms with Crippen LogP contribution in [0.1, 0.15) is 32.8 Å². The van der Waals surface area contributed by atoms with E-state index in [1.807, 2.05) is 19.1 Å². The summed E-state index contributed by atoms with van der Waals surface area (Å²) in [5, 5.41) is 4.12. The van der Waals surface area contributed by atoms with Crippen LogP contribution in [-0.2, 0) is 6.54 Å². The summed E-state index contributed by atoms with van der Waals surface area (Å²) in [5.41, 5.74) is 1.03. The van der Waals surface area contributed by atoms with Gasteiger partial charge in [-0.1, -0.05) is 18.5 Å². The summed E-state index contributed by atoms with van der Waals surface area (Å²) >= 11 is 6.25. The summed E-state index contributed by atoms with van der Waals surface area (Å²) in [5.74, 6) is 1.42. The molecule has 102 valence electrons. The number of ether oxygens (including phenoxy) is 2. The van der Waals surface area contributed by atoms with E-state index in [0.717, 1.165) is 24.3 Å². The van der Waals surface area contributed by atoms with Gasteiger partial charge in [0.2, 0.25) is 0 Å². The van der Waals surface area contributed by atoms with E-state index in [2.05, 4.69) is 19.2 Å². The lowest BCUT2D eigenvalue weighted by Crippen LogP contribution is -2.24. The van der Waals surface area contributed by atoms with Crippen LogP contribution in [0, 0.1) is 0 Å². The van der Waals surface area contributed by atoms with Crippen LogP contribution in [-0.4, -0.2) is 19.8 Å². The van der Waals surface area contributed by atoms with Crippen molar-refractivity contribution in [1.82, 2.24) is 5.32 Å². The number of hydrogen-bond donors (Lipinski definition) is 1. The molecule has 0 bridgehead atoms. The molecule has 4 heteroatoms. The van der Waals surface area contributed by atoms with Gasteiger partial charge in [0.15, 0.2) is 11.5 Å². The zero-order valence-corrected chi connectivity index (χ0v) is 12.3. The number of hydrogen-bond acceptors (Lipinski definition) is 3. The SMILES string of the molecule is CCOc1cc(Cl)c(CNC(C)CC)cc1OC. The van der Waals surface area contributed by atoms with Gasteiger partial charge in [0.1, 0.15) is 0 Å². The van der Waals surface area contributed by atoms with Crippen molar-refractivity contribution in [2.45, 2.75) is 39.8 Å². The predicted octanol–water partition coefficient (Wildman–Crippen LogP) is 3.64. The van der Waals surface area contributed by atoms with Crippen molar-refractivity contribution in [2.24, 2.45) is 0 Å². The van der Waals surface area contributed by atoms with Gasteiger partial charge in [-0.2, -0.15) is 0 Å². The highest BCUT2D eigenvalue weighted by Crippen LogP contribution is 2.33. The molecule has 1 aromatic carbocycles. The molecule has 0 saturated carbocycles. The number of nitrogens with one attached hydrogen (secondary N) is 1. The van der Waals surface area contributed by atoms with Crippen LogP contribution in [0.15, 0.2) is 12.1 Å². The van der Waals surface area contributed by atoms with E-state index in [1.165, 1.54) is 0 Å². The second kappa shape index (κ2) is 7.49. The van der Waals surface area contributed by atoms with Crippen molar-refractivity contribution >= 4 is 11.6 Å². The molecule has 0 fully saturated rings. The van der Waals surface area contributed by atoms with Gasteiger partial charge >= 0.3 is 0 Å². The maximum atomic E-state index is 6.25. The molecule has 0 spiro atoms. The van der Waals surface area contributed by atoms with Crippen molar-refractivity contribution in [2.75, 3.05) is 13.7 Å². The monoisotopic (exact) mass is 271 g/mol. The van der Waals surface area contributed by atoms with Crippen molar-refractivity contribution in [1.29, 1.82) is 0 Å². The van der Waals surface area contributed by atoms with Crippen LogP contribution in [0.2, 0.25) is 5.02 Å². The van der Waals surface area contributed by atoms with Crippen LogP contribution < -0.4 is 14.8 Å². The highest BCUT2D eigenvalue weighted by Gasteiger charge is 2.10. The van der Waals surface area contributed by atoms with E-state index in [-0.39, 0.29) is 0 Å². The summed E-state index contributed by atoms with van der Waals surface area (Å²) in [6, 6.07) is 4.22. The van der Waals surface area contributed by atoms with Crippen LogP contribution in [0.4, 0.5) is 0 Å². The highest BCUT2D eigenvalue weighted by atomic mass is 35.5. The molecule has 0 amide bonds. The molecular formula is C14H22ClNO2. The van der Waals surface area contributed by atoms with Gasteiger partial charge < -0.3 is 14.8 Å². The van der Waals surface area contributed by atoms with Crippen molar-refractivity contribution in [3.8, 4) is 11.5 Å². The largest absolute Gasteiger partial charge is 0.493 e. The Bertz CT molecular complexity index is 382. The first-order valence-electron chi connectivity index (χ1n) is 6.34. The lowest BCUT2D eigenvalue weighted by molar-refractivity contribution is 0.310. The van der Waals surface area contributed by atoms with Gasteiger partial charge in [-0.15, -0.1) is 0 Å². The number of halogens is 1. The Morgan fingerprint density at radius 3 is 2.56 bits per heavy atom. The second-order valence-electron chi connectivity index (χ2n) is 4.22. The molecule has 1 atom stereocenters. The number of benzene rings is 1. The first-order chi connectivity index (χ1) is 8.62. The molecule has 18 heavy (non-hydrogen) atoms. The standard InChI is InChI=1S/C14H22ClNO2/c1-5-10(3)16-9-11-7-13(17-4)14(18-6-2)8-12(11)15/h7-8,10,16H,5-6,9H2,1-4H3. The molecule has 0 radical (unpaired) electrons. The summed E-state index contributed by atoms with van der Waals surface area (Å²) in [6.07, 6.45) is 1.09. The second-order valence-corrected chi connectivity index (χ2v) is 4.62. The predicted molar refractivity (Wildman–Crippen MR) is 75.8 cm³/mol. The number of methoxy groups -OCH3 is 1. The van der Waals surface area contributed by atoms with Gasteiger partial charge in [-0.25, -0.2) is 0 Å². The first-order valence-corrected chi connectivity index (χ1v) is 6.72. The molecule has 0 heterocycles. The quantitative estimate of drug-likeness (QED) is 0.821. The van der Waals surface area contributed by atoms with Gasteiger partial charge in [0.05, 0.1) is 13.7 Å². The van der Waals surface area contributed by atoms with Crippen molar-refractivity contribution < 1.29 is 9.47 Å². The van der Waals surface area contributed by atoms with E-state index in [4.69, 9.17) is 21.1 Å². The molecule has 3 nitrogen and oxygen atoms in total. The smallest absolute Gasteiger partial charge is 0.162 e. The lowest BCUT2D eigenvalue weighted by atomic mass is 10.1. The Kier molecular flexibility index (Phi) is 6.30. The third kappa shape index (κ3) is 4.07. The zero-order chi connectivity index (χ0) is 13.5. The minimum absolute atomic E-state index is 0.471. The fraction of sp³-hybridized carbons (Fsp3) is 0.571. The maximum absolute atomic E-state index is 6.25. The van der Waals surface area contributed by atoms with E-state index >= 15 is 0 Å². The fourth-order valence-electron chi connectivity index (χ4n) is 1.57. The minimum Gasteiger partial charge on any atom is -0.493 e. The Labute approximate surface area is 114 Å². The van der Waals surface area contributed by atoms with E-state index < -0.39 is 0 Å². The Morgan fingerprint density at radius 2 is 2.00 bits per heavy atom. The molecule has 1 rings (SSSR count). The van der Waals surface area contributed by atoms with E-state index in [1.54, 1.807) is 7.11 Å². The van der Waals surface area contributed by atoms with Gasteiger partial charge in [0.25, 0.3) is 0 Å². The van der Waals surface area contributed by atoms with Crippen LogP contribution in [0.3, 0.4) is 0 Å². The van der Waals surface area contributed by atoms with Gasteiger partial charge in [0, 0.05) is 23.7 Å². The average Bonchev–Trinajstić information content (AvgIpc) is 2.37. The van der Waals surface area contributed by atoms with Crippen molar-refractivity contribution in [3.05, 3.63) is 22.7 Å². The van der Waals surface area contributed by atoms with Gasteiger partial charge in [-0.05, 0) is 31.9 Å². The van der Waals surface area contributed by atoms with Crippen LogP contribution in [0.5, 0.6) is 11.5 Å². The molecule has 1 aromatic rings. The van der Waals surface area contributed by atoms with Crippen molar-refractivity contribution in [3.63, 3.8) is 0 Å². The van der Waals surface area contributed by atoms with Gasteiger partial charge in [-0.3, -0.25) is 0 Å². The Balaban J connectivity index is 2.86. The van der Waals surface area contributed by atoms with E-state index in [9.17, 15) is 0 Å².